The van der Waals surface area contributed by atoms with Gasteiger partial charge in [0.05, 0.1) is 18.1 Å². The lowest BCUT2D eigenvalue weighted by molar-refractivity contribution is -0.384. The molecule has 1 rings (SSSR count). The molecular formula is C5H9ClN4O3. The van der Waals surface area contributed by atoms with Gasteiger partial charge in [0, 0.05) is 0 Å². The molecule has 0 aliphatic rings. The highest BCUT2D eigenvalue weighted by Gasteiger charge is 2.16. The van der Waals surface area contributed by atoms with Crippen LogP contribution in [0.15, 0.2) is 6.20 Å². The third-order valence-electron chi connectivity index (χ3n) is 1.37. The predicted octanol–water partition coefficient (Wildman–Crippen LogP) is -0.212. The smallest absolute Gasteiger partial charge is 0.330 e. The van der Waals surface area contributed by atoms with E-state index in [9.17, 15) is 10.1 Å². The van der Waals surface area contributed by atoms with E-state index in [1.54, 1.807) is 0 Å². The van der Waals surface area contributed by atoms with E-state index >= 15 is 0 Å². The highest BCUT2D eigenvalue weighted by atomic mass is 35.5. The first-order chi connectivity index (χ1) is 5.66. The third-order valence-corrected chi connectivity index (χ3v) is 1.37. The van der Waals surface area contributed by atoms with Crippen LogP contribution in [0, 0.1) is 10.1 Å². The van der Waals surface area contributed by atoms with Gasteiger partial charge in [0.15, 0.2) is 0 Å². The second kappa shape index (κ2) is 4.63. The van der Waals surface area contributed by atoms with Crippen molar-refractivity contribution < 1.29 is 10.0 Å². The average molecular weight is 209 g/mol. The Bertz CT molecular complexity index is 300. The summed E-state index contributed by atoms with van der Waals surface area (Å²) >= 11 is 0. The highest BCUT2D eigenvalue weighted by Crippen LogP contribution is 2.18. The van der Waals surface area contributed by atoms with E-state index < -0.39 is 4.92 Å². The second-order valence-corrected chi connectivity index (χ2v) is 2.12. The maximum absolute atomic E-state index is 10.2. The summed E-state index contributed by atoms with van der Waals surface area (Å²) < 4.78 is 1.18. The quantitative estimate of drug-likeness (QED) is 0.528. The Morgan fingerprint density at radius 2 is 2.38 bits per heavy atom. The van der Waals surface area contributed by atoms with E-state index in [1.807, 2.05) is 0 Å². The first-order valence-corrected chi connectivity index (χ1v) is 3.23. The van der Waals surface area contributed by atoms with E-state index in [-0.39, 0.29) is 37.1 Å². The molecule has 0 aliphatic heterocycles. The molecule has 0 amide bonds. The van der Waals surface area contributed by atoms with Crippen molar-refractivity contribution in [2.24, 2.45) is 0 Å². The van der Waals surface area contributed by atoms with Crippen LogP contribution in [0.4, 0.5) is 11.5 Å². The molecule has 74 valence electrons. The van der Waals surface area contributed by atoms with Gasteiger partial charge in [-0.1, -0.05) is 0 Å². The molecule has 1 aromatic heterocycles. The largest absolute Gasteiger partial charge is 0.394 e. The second-order valence-electron chi connectivity index (χ2n) is 2.12. The van der Waals surface area contributed by atoms with Crippen molar-refractivity contribution in [3.05, 3.63) is 16.3 Å². The van der Waals surface area contributed by atoms with E-state index in [4.69, 9.17) is 10.8 Å². The number of nitrogens with zero attached hydrogens (tertiary/aromatic N) is 3. The third kappa shape index (κ3) is 2.30. The summed E-state index contributed by atoms with van der Waals surface area (Å²) in [6.07, 6.45) is 1.06. The number of anilines is 1. The van der Waals surface area contributed by atoms with E-state index in [2.05, 4.69) is 5.10 Å². The van der Waals surface area contributed by atoms with Gasteiger partial charge in [-0.15, -0.1) is 12.4 Å². The summed E-state index contributed by atoms with van der Waals surface area (Å²) in [5.41, 5.74) is 5.11. The zero-order valence-electron chi connectivity index (χ0n) is 6.58. The average Bonchev–Trinajstić information content (AvgIpc) is 2.34. The summed E-state index contributed by atoms with van der Waals surface area (Å²) in [4.78, 5) is 9.63. The maximum Gasteiger partial charge on any atom is 0.330 e. The van der Waals surface area contributed by atoms with Gasteiger partial charge in [-0.05, 0) is 0 Å². The molecule has 0 radical (unpaired) electrons. The number of aliphatic hydroxyl groups excluding tert-OH is 1. The Morgan fingerprint density at radius 1 is 1.77 bits per heavy atom. The van der Waals surface area contributed by atoms with Crippen LogP contribution in [0.3, 0.4) is 0 Å². The van der Waals surface area contributed by atoms with Crippen molar-refractivity contribution in [2.75, 3.05) is 12.3 Å². The molecular weight excluding hydrogens is 200 g/mol. The van der Waals surface area contributed by atoms with E-state index in [0.717, 1.165) is 6.20 Å². The van der Waals surface area contributed by atoms with Crippen LogP contribution in [0.25, 0.3) is 0 Å². The molecule has 0 atom stereocenters. The van der Waals surface area contributed by atoms with Crippen molar-refractivity contribution >= 4 is 23.9 Å². The van der Waals surface area contributed by atoms with Crippen LogP contribution in [0.1, 0.15) is 0 Å². The predicted molar refractivity (Wildman–Crippen MR) is 47.6 cm³/mol. The maximum atomic E-state index is 10.2. The Hall–Kier alpha value is -1.34. The van der Waals surface area contributed by atoms with Crippen LogP contribution >= 0.6 is 12.4 Å². The molecule has 13 heavy (non-hydrogen) atoms. The fraction of sp³-hybridized carbons (Fsp3) is 0.400. The molecule has 0 saturated heterocycles. The molecule has 7 nitrogen and oxygen atoms in total. The number of halogens is 1. The number of rotatable bonds is 3. The molecule has 0 bridgehead atoms. The highest BCUT2D eigenvalue weighted by molar-refractivity contribution is 5.85. The molecule has 1 aromatic rings. The minimum atomic E-state index is -0.615. The Morgan fingerprint density at radius 3 is 2.77 bits per heavy atom. The Balaban J connectivity index is 0.00000144. The van der Waals surface area contributed by atoms with Gasteiger partial charge >= 0.3 is 5.69 Å². The first kappa shape index (κ1) is 11.7. The first-order valence-electron chi connectivity index (χ1n) is 3.23. The molecule has 3 N–H and O–H groups in total. The molecule has 0 aromatic carbocycles. The SMILES string of the molecule is Cl.Nc1c([N+](=O)[O-])cnn1CCO. The molecule has 0 aliphatic carbocycles. The molecule has 0 fully saturated rings. The van der Waals surface area contributed by atoms with Gasteiger partial charge < -0.3 is 10.8 Å². The number of nitrogen functional groups attached to an aromatic ring is 1. The lowest BCUT2D eigenvalue weighted by Gasteiger charge is -1.97. The van der Waals surface area contributed by atoms with Gasteiger partial charge in [0.1, 0.15) is 6.20 Å². The lowest BCUT2D eigenvalue weighted by atomic mass is 10.5. The van der Waals surface area contributed by atoms with Gasteiger partial charge in [-0.3, -0.25) is 10.1 Å². The minimum Gasteiger partial charge on any atom is -0.394 e. The molecule has 1 heterocycles. The van der Waals surface area contributed by atoms with Crippen molar-refractivity contribution in [1.82, 2.24) is 9.78 Å². The van der Waals surface area contributed by atoms with Crippen LogP contribution in [0.5, 0.6) is 0 Å². The van der Waals surface area contributed by atoms with Crippen LogP contribution in [0.2, 0.25) is 0 Å². The summed E-state index contributed by atoms with van der Waals surface area (Å²) in [5, 5.41) is 22.4. The number of aromatic nitrogens is 2. The molecule has 0 saturated carbocycles. The summed E-state index contributed by atoms with van der Waals surface area (Å²) in [6, 6.07) is 0. The number of hydrogen-bond acceptors (Lipinski definition) is 5. The lowest BCUT2D eigenvalue weighted by Crippen LogP contribution is -2.08. The zero-order chi connectivity index (χ0) is 9.14. The molecule has 0 spiro atoms. The molecule has 0 unspecified atom stereocenters. The van der Waals surface area contributed by atoms with Crippen LogP contribution < -0.4 is 5.73 Å². The van der Waals surface area contributed by atoms with Gasteiger partial charge in [0.25, 0.3) is 0 Å². The summed E-state index contributed by atoms with van der Waals surface area (Å²) in [5.74, 6) is -0.0333. The van der Waals surface area contributed by atoms with E-state index in [0.29, 0.717) is 0 Å². The number of nitro groups is 1. The van der Waals surface area contributed by atoms with Crippen molar-refractivity contribution in [2.45, 2.75) is 6.54 Å². The number of hydrogen-bond donors (Lipinski definition) is 2. The summed E-state index contributed by atoms with van der Waals surface area (Å²) in [7, 11) is 0. The van der Waals surface area contributed by atoms with Crippen LogP contribution in [-0.2, 0) is 6.54 Å². The zero-order valence-corrected chi connectivity index (χ0v) is 7.40. The van der Waals surface area contributed by atoms with Gasteiger partial charge in [-0.25, -0.2) is 4.68 Å². The minimum absolute atomic E-state index is 0. The fourth-order valence-electron chi connectivity index (χ4n) is 0.799. The standard InChI is InChI=1S/C5H8N4O3.ClH/c6-5-4(9(11)12)3-7-8(5)1-2-10;/h3,10H,1-2,6H2;1H. The van der Waals surface area contributed by atoms with Crippen molar-refractivity contribution in [3.8, 4) is 0 Å². The topological polar surface area (TPSA) is 107 Å². The van der Waals surface area contributed by atoms with Crippen molar-refractivity contribution in [3.63, 3.8) is 0 Å². The van der Waals surface area contributed by atoms with Crippen LogP contribution in [-0.4, -0.2) is 26.4 Å². The van der Waals surface area contributed by atoms with Gasteiger partial charge in [0.2, 0.25) is 5.82 Å². The Labute approximate surface area is 79.7 Å². The number of nitrogens with two attached hydrogens (primary N) is 1. The van der Waals surface area contributed by atoms with Crippen molar-refractivity contribution in [1.29, 1.82) is 0 Å². The molecule has 8 heteroatoms. The summed E-state index contributed by atoms with van der Waals surface area (Å²) in [6.45, 7) is 0.0166. The normalized spacial score (nSPS) is 9.31. The fourth-order valence-corrected chi connectivity index (χ4v) is 0.799. The Kier molecular flexibility index (Phi) is 4.15. The van der Waals surface area contributed by atoms with E-state index in [1.165, 1.54) is 4.68 Å². The number of aliphatic hydroxyl groups is 1. The van der Waals surface area contributed by atoms with Gasteiger partial charge in [-0.2, -0.15) is 5.10 Å². The monoisotopic (exact) mass is 208 g/mol.